The normalized spacial score (nSPS) is 10.7. The number of hydrogen-bond acceptors (Lipinski definition) is 4. The molecular formula is C21H18BrN5O2. The smallest absolute Gasteiger partial charge is 0.276 e. The van der Waals surface area contributed by atoms with E-state index >= 15 is 0 Å². The van der Waals surface area contributed by atoms with Crippen molar-refractivity contribution in [2.24, 2.45) is 0 Å². The van der Waals surface area contributed by atoms with E-state index in [1.807, 2.05) is 54.6 Å². The van der Waals surface area contributed by atoms with E-state index in [0.717, 1.165) is 15.8 Å². The van der Waals surface area contributed by atoms with E-state index in [2.05, 4.69) is 31.4 Å². The molecule has 2 aromatic heterocycles. The number of nitrogens with zero attached hydrogens (tertiary/aromatic N) is 4. The summed E-state index contributed by atoms with van der Waals surface area (Å²) in [5, 5.41) is 11.4. The van der Waals surface area contributed by atoms with Gasteiger partial charge in [0.15, 0.2) is 12.4 Å². The lowest BCUT2D eigenvalue weighted by molar-refractivity contribution is 0.102. The first-order valence-electron chi connectivity index (χ1n) is 8.95. The second-order valence-corrected chi connectivity index (χ2v) is 7.25. The van der Waals surface area contributed by atoms with Gasteiger partial charge in [-0.05, 0) is 35.9 Å². The molecule has 0 bridgehead atoms. The molecule has 2 heterocycles. The van der Waals surface area contributed by atoms with E-state index < -0.39 is 0 Å². The molecule has 4 rings (SSSR count). The fourth-order valence-electron chi connectivity index (χ4n) is 2.71. The fourth-order valence-corrected chi connectivity index (χ4v) is 2.97. The first-order valence-corrected chi connectivity index (χ1v) is 9.74. The van der Waals surface area contributed by atoms with Gasteiger partial charge >= 0.3 is 0 Å². The number of rotatable bonds is 7. The van der Waals surface area contributed by atoms with Crippen LogP contribution in [0.3, 0.4) is 0 Å². The number of nitrogens with one attached hydrogen (secondary N) is 1. The largest absolute Gasteiger partial charge is 0.471 e. The van der Waals surface area contributed by atoms with Crippen molar-refractivity contribution in [3.63, 3.8) is 0 Å². The third-order valence-corrected chi connectivity index (χ3v) is 4.66. The minimum atomic E-state index is -0.299. The number of carbonyl (C=O) groups excluding carboxylic acids is 1. The maximum absolute atomic E-state index is 12.4. The van der Waals surface area contributed by atoms with Crippen LogP contribution >= 0.6 is 15.9 Å². The molecule has 0 saturated heterocycles. The van der Waals surface area contributed by atoms with Crippen molar-refractivity contribution in [1.82, 2.24) is 19.6 Å². The molecule has 1 N–H and O–H groups in total. The number of amides is 1. The van der Waals surface area contributed by atoms with E-state index in [1.54, 1.807) is 34.0 Å². The molecule has 0 spiro atoms. The van der Waals surface area contributed by atoms with Crippen LogP contribution in [0.4, 0.5) is 5.69 Å². The molecule has 0 aliphatic heterocycles. The van der Waals surface area contributed by atoms with Crippen molar-refractivity contribution in [2.45, 2.75) is 13.3 Å². The Kier molecular flexibility index (Phi) is 5.71. The Bertz CT molecular complexity index is 1090. The second kappa shape index (κ2) is 8.74. The number of aromatic nitrogens is 4. The Labute approximate surface area is 176 Å². The number of hydrogen-bond donors (Lipinski definition) is 1. The van der Waals surface area contributed by atoms with Gasteiger partial charge in [-0.2, -0.15) is 10.2 Å². The van der Waals surface area contributed by atoms with Gasteiger partial charge in [-0.3, -0.25) is 9.48 Å². The van der Waals surface area contributed by atoms with Gasteiger partial charge in [-0.25, -0.2) is 4.68 Å². The molecule has 0 fully saturated rings. The molecule has 0 aliphatic rings. The highest BCUT2D eigenvalue weighted by Crippen LogP contribution is 2.16. The van der Waals surface area contributed by atoms with Crippen molar-refractivity contribution in [3.8, 4) is 5.75 Å². The molecule has 2 aromatic carbocycles. The summed E-state index contributed by atoms with van der Waals surface area (Å²) < 4.78 is 9.97. The lowest BCUT2D eigenvalue weighted by atomic mass is 10.2. The van der Waals surface area contributed by atoms with Crippen molar-refractivity contribution >= 4 is 27.5 Å². The van der Waals surface area contributed by atoms with Gasteiger partial charge in [0.25, 0.3) is 5.91 Å². The zero-order valence-corrected chi connectivity index (χ0v) is 17.0. The average molecular weight is 452 g/mol. The van der Waals surface area contributed by atoms with Crippen LogP contribution in [0.1, 0.15) is 16.1 Å². The van der Waals surface area contributed by atoms with E-state index in [-0.39, 0.29) is 12.6 Å². The van der Waals surface area contributed by atoms with Crippen molar-refractivity contribution < 1.29 is 9.53 Å². The van der Waals surface area contributed by atoms with Crippen molar-refractivity contribution in [2.75, 3.05) is 5.32 Å². The van der Waals surface area contributed by atoms with Crippen LogP contribution in [0.25, 0.3) is 0 Å². The summed E-state index contributed by atoms with van der Waals surface area (Å²) in [5.41, 5.74) is 2.06. The van der Waals surface area contributed by atoms with Crippen LogP contribution in [0.15, 0.2) is 83.7 Å². The molecule has 7 nitrogen and oxygen atoms in total. The van der Waals surface area contributed by atoms with E-state index in [0.29, 0.717) is 17.9 Å². The lowest BCUT2D eigenvalue weighted by Gasteiger charge is -2.06. The standard InChI is InChI=1S/C21H18BrN5O2/c22-17-6-8-19(9-7-17)29-15-26-11-10-20(25-26)21(28)24-18-12-23-27(14-18)13-16-4-2-1-3-5-16/h1-12,14H,13,15H2,(H,24,28). The van der Waals surface area contributed by atoms with Gasteiger partial charge in [0, 0.05) is 16.9 Å². The molecule has 0 saturated carbocycles. The van der Waals surface area contributed by atoms with Crippen LogP contribution in [0.2, 0.25) is 0 Å². The zero-order chi connectivity index (χ0) is 20.1. The van der Waals surface area contributed by atoms with E-state index in [9.17, 15) is 4.79 Å². The summed E-state index contributed by atoms with van der Waals surface area (Å²) in [7, 11) is 0. The third-order valence-electron chi connectivity index (χ3n) is 4.13. The molecular weight excluding hydrogens is 434 g/mol. The molecule has 146 valence electrons. The predicted molar refractivity (Wildman–Crippen MR) is 113 cm³/mol. The molecule has 0 atom stereocenters. The van der Waals surface area contributed by atoms with Gasteiger partial charge < -0.3 is 10.1 Å². The van der Waals surface area contributed by atoms with Gasteiger partial charge in [0.1, 0.15) is 5.75 Å². The Morgan fingerprint density at radius 2 is 1.83 bits per heavy atom. The number of anilines is 1. The maximum atomic E-state index is 12.4. The van der Waals surface area contributed by atoms with Crippen molar-refractivity contribution in [3.05, 3.63) is 95.0 Å². The predicted octanol–water partition coefficient (Wildman–Crippen LogP) is 4.18. The monoisotopic (exact) mass is 451 g/mol. The highest BCUT2D eigenvalue weighted by molar-refractivity contribution is 9.10. The summed E-state index contributed by atoms with van der Waals surface area (Å²) in [6, 6.07) is 19.2. The summed E-state index contributed by atoms with van der Waals surface area (Å²) >= 11 is 3.38. The Morgan fingerprint density at radius 3 is 2.62 bits per heavy atom. The first-order chi connectivity index (χ1) is 14.2. The van der Waals surface area contributed by atoms with Crippen LogP contribution < -0.4 is 10.1 Å². The molecule has 0 unspecified atom stereocenters. The topological polar surface area (TPSA) is 74.0 Å². The van der Waals surface area contributed by atoms with Gasteiger partial charge in [-0.1, -0.05) is 46.3 Å². The number of halogens is 1. The van der Waals surface area contributed by atoms with Crippen molar-refractivity contribution in [1.29, 1.82) is 0 Å². The minimum absolute atomic E-state index is 0.212. The summed E-state index contributed by atoms with van der Waals surface area (Å²) in [4.78, 5) is 12.4. The molecule has 0 aliphatic carbocycles. The minimum Gasteiger partial charge on any atom is -0.471 e. The van der Waals surface area contributed by atoms with Gasteiger partial charge in [0.2, 0.25) is 0 Å². The molecule has 1 amide bonds. The molecule has 29 heavy (non-hydrogen) atoms. The fraction of sp³-hybridized carbons (Fsp3) is 0.0952. The van der Waals surface area contributed by atoms with Crippen LogP contribution in [0.5, 0.6) is 5.75 Å². The zero-order valence-electron chi connectivity index (χ0n) is 15.4. The van der Waals surface area contributed by atoms with Crippen LogP contribution in [-0.2, 0) is 13.3 Å². The quantitative estimate of drug-likeness (QED) is 0.457. The van der Waals surface area contributed by atoms with Gasteiger partial charge in [0.05, 0.1) is 18.4 Å². The maximum Gasteiger partial charge on any atom is 0.276 e. The second-order valence-electron chi connectivity index (χ2n) is 6.33. The van der Waals surface area contributed by atoms with Crippen LogP contribution in [0, 0.1) is 0 Å². The lowest BCUT2D eigenvalue weighted by Crippen LogP contribution is -2.14. The van der Waals surface area contributed by atoms with E-state index in [1.165, 1.54) is 0 Å². The Hall–Kier alpha value is -3.39. The SMILES string of the molecule is O=C(Nc1cnn(Cc2ccccc2)c1)c1ccn(COc2ccc(Br)cc2)n1. The van der Waals surface area contributed by atoms with E-state index in [4.69, 9.17) is 4.74 Å². The Balaban J connectivity index is 1.32. The summed E-state index contributed by atoms with van der Waals surface area (Å²) in [6.45, 7) is 0.850. The first kappa shape index (κ1) is 18.9. The Morgan fingerprint density at radius 1 is 1.03 bits per heavy atom. The third kappa shape index (κ3) is 5.11. The average Bonchev–Trinajstić information content (AvgIpc) is 3.38. The number of carbonyl (C=O) groups is 1. The van der Waals surface area contributed by atoms with Gasteiger partial charge in [-0.15, -0.1) is 0 Å². The summed E-state index contributed by atoms with van der Waals surface area (Å²) in [6.07, 6.45) is 5.11. The molecule has 0 radical (unpaired) electrons. The summed E-state index contributed by atoms with van der Waals surface area (Å²) in [5.74, 6) is 0.423. The number of benzene rings is 2. The van der Waals surface area contributed by atoms with Crippen LogP contribution in [-0.4, -0.2) is 25.5 Å². The molecule has 8 heteroatoms. The highest BCUT2D eigenvalue weighted by Gasteiger charge is 2.11. The highest BCUT2D eigenvalue weighted by atomic mass is 79.9. The number of ether oxygens (including phenoxy) is 1. The molecule has 4 aromatic rings.